The molecule has 0 spiro atoms. The van der Waals surface area contributed by atoms with Crippen molar-refractivity contribution in [3.05, 3.63) is 47.6 Å². The fourth-order valence-electron chi connectivity index (χ4n) is 6.14. The van der Waals surface area contributed by atoms with Crippen molar-refractivity contribution in [2.75, 3.05) is 0 Å². The molecule has 180 valence electrons. The third-order valence-corrected chi connectivity index (χ3v) is 9.06. The lowest BCUT2D eigenvalue weighted by Crippen LogP contribution is -2.60. The van der Waals surface area contributed by atoms with Crippen LogP contribution in [0.2, 0.25) is 0 Å². The number of rotatable bonds is 5. The molecule has 4 N–H and O–H groups in total. The van der Waals surface area contributed by atoms with Gasteiger partial charge in [-0.3, -0.25) is 0 Å². The first kappa shape index (κ1) is 25.4. The molecule has 4 nitrogen and oxygen atoms in total. The lowest BCUT2D eigenvalue weighted by molar-refractivity contribution is -0.179. The van der Waals surface area contributed by atoms with Gasteiger partial charge in [0, 0.05) is 5.41 Å². The van der Waals surface area contributed by atoms with Crippen molar-refractivity contribution in [1.29, 1.82) is 0 Å². The van der Waals surface area contributed by atoms with Gasteiger partial charge in [-0.1, -0.05) is 62.8 Å². The zero-order chi connectivity index (χ0) is 23.9. The topological polar surface area (TPSA) is 80.9 Å². The molecule has 0 heterocycles. The molecule has 0 bridgehead atoms. The minimum absolute atomic E-state index is 0.00131. The Balaban J connectivity index is 1.89. The van der Waals surface area contributed by atoms with Crippen LogP contribution >= 0.6 is 0 Å². The first-order valence-corrected chi connectivity index (χ1v) is 12.4. The van der Waals surface area contributed by atoms with Gasteiger partial charge < -0.3 is 20.4 Å². The summed E-state index contributed by atoms with van der Waals surface area (Å²) in [6, 6.07) is 0. The van der Waals surface area contributed by atoms with Crippen LogP contribution in [0.5, 0.6) is 0 Å². The van der Waals surface area contributed by atoms with Crippen molar-refractivity contribution < 1.29 is 20.4 Å². The Morgan fingerprint density at radius 2 is 1.75 bits per heavy atom. The van der Waals surface area contributed by atoms with Crippen LogP contribution in [-0.4, -0.2) is 43.3 Å². The summed E-state index contributed by atoms with van der Waals surface area (Å²) in [6.07, 6.45) is 13.8. The molecule has 3 aliphatic carbocycles. The maximum absolute atomic E-state index is 11.9. The number of aliphatic hydroxyl groups excluding tert-OH is 1. The van der Waals surface area contributed by atoms with Gasteiger partial charge in [0.2, 0.25) is 0 Å². The summed E-state index contributed by atoms with van der Waals surface area (Å²) in [7, 11) is 0. The van der Waals surface area contributed by atoms with Crippen molar-refractivity contribution in [3.8, 4) is 0 Å². The molecular weight excluding hydrogens is 400 g/mol. The number of hydrogen-bond donors (Lipinski definition) is 4. The van der Waals surface area contributed by atoms with Gasteiger partial charge in [0.1, 0.15) is 11.2 Å². The molecule has 0 aromatic heterocycles. The third-order valence-electron chi connectivity index (χ3n) is 9.06. The van der Waals surface area contributed by atoms with E-state index in [1.807, 2.05) is 13.8 Å². The van der Waals surface area contributed by atoms with Crippen molar-refractivity contribution in [2.24, 2.45) is 17.3 Å². The SMILES string of the molecule is C=C1CC[C@H](O)C/C1=C/C=C1\CCC[C@@]2(C)[C@H]1CC[C@]2(O)[C@@](C)(O)/C=C/[C@@](C)(O)C(C)C. The Morgan fingerprint density at radius 1 is 1.06 bits per heavy atom. The lowest BCUT2D eigenvalue weighted by Gasteiger charge is -2.52. The van der Waals surface area contributed by atoms with E-state index in [2.05, 4.69) is 25.7 Å². The predicted octanol–water partition coefficient (Wildman–Crippen LogP) is 4.99. The zero-order valence-electron chi connectivity index (χ0n) is 20.7. The molecule has 0 aromatic carbocycles. The van der Waals surface area contributed by atoms with Gasteiger partial charge in [0.05, 0.1) is 11.7 Å². The maximum Gasteiger partial charge on any atom is 0.109 e. The van der Waals surface area contributed by atoms with Crippen LogP contribution in [0.15, 0.2) is 47.6 Å². The molecule has 6 atom stereocenters. The molecular formula is C28H44O4. The zero-order valence-corrected chi connectivity index (χ0v) is 20.7. The van der Waals surface area contributed by atoms with Crippen molar-refractivity contribution in [2.45, 2.75) is 109 Å². The quantitative estimate of drug-likeness (QED) is 0.451. The highest BCUT2D eigenvalue weighted by atomic mass is 16.4. The van der Waals surface area contributed by atoms with Gasteiger partial charge in [-0.25, -0.2) is 0 Å². The largest absolute Gasteiger partial charge is 0.393 e. The molecule has 32 heavy (non-hydrogen) atoms. The summed E-state index contributed by atoms with van der Waals surface area (Å²) in [5, 5.41) is 44.1. The number of hydrogen-bond acceptors (Lipinski definition) is 4. The number of allylic oxidation sites excluding steroid dienone is 4. The lowest BCUT2D eigenvalue weighted by atomic mass is 9.57. The molecule has 0 amide bonds. The van der Waals surface area contributed by atoms with Crippen LogP contribution in [0.4, 0.5) is 0 Å². The van der Waals surface area contributed by atoms with E-state index in [0.29, 0.717) is 12.8 Å². The van der Waals surface area contributed by atoms with Gasteiger partial charge in [0.25, 0.3) is 0 Å². The van der Waals surface area contributed by atoms with E-state index >= 15 is 0 Å². The molecule has 3 fully saturated rings. The Morgan fingerprint density at radius 3 is 2.41 bits per heavy atom. The van der Waals surface area contributed by atoms with E-state index in [-0.39, 0.29) is 17.9 Å². The smallest absolute Gasteiger partial charge is 0.109 e. The highest BCUT2D eigenvalue weighted by Crippen LogP contribution is 2.62. The Kier molecular flexibility index (Phi) is 7.04. The molecule has 4 heteroatoms. The maximum atomic E-state index is 11.9. The van der Waals surface area contributed by atoms with Gasteiger partial charge in [-0.05, 0) is 82.6 Å². The van der Waals surface area contributed by atoms with Crippen molar-refractivity contribution in [1.82, 2.24) is 0 Å². The minimum atomic E-state index is -1.45. The summed E-state index contributed by atoms with van der Waals surface area (Å²) in [5.74, 6) is 0.201. The Hall–Kier alpha value is -1.20. The fourth-order valence-corrected chi connectivity index (χ4v) is 6.14. The summed E-state index contributed by atoms with van der Waals surface area (Å²) < 4.78 is 0. The van der Waals surface area contributed by atoms with Crippen LogP contribution in [0, 0.1) is 17.3 Å². The molecule has 3 rings (SSSR count). The van der Waals surface area contributed by atoms with Gasteiger partial charge in [-0.2, -0.15) is 0 Å². The van der Waals surface area contributed by atoms with Crippen LogP contribution in [0.3, 0.4) is 0 Å². The molecule has 3 saturated carbocycles. The van der Waals surface area contributed by atoms with Crippen LogP contribution < -0.4 is 0 Å². The highest BCUT2D eigenvalue weighted by molar-refractivity contribution is 5.37. The van der Waals surface area contributed by atoms with Crippen LogP contribution in [0.1, 0.15) is 86.0 Å². The van der Waals surface area contributed by atoms with Gasteiger partial charge in [-0.15, -0.1) is 0 Å². The minimum Gasteiger partial charge on any atom is -0.393 e. The van der Waals surface area contributed by atoms with Gasteiger partial charge in [0.15, 0.2) is 0 Å². The normalized spacial score (nSPS) is 40.1. The van der Waals surface area contributed by atoms with Crippen LogP contribution in [0.25, 0.3) is 0 Å². The van der Waals surface area contributed by atoms with Crippen molar-refractivity contribution >= 4 is 0 Å². The average molecular weight is 445 g/mol. The second kappa shape index (κ2) is 8.87. The first-order valence-electron chi connectivity index (χ1n) is 12.4. The Bertz CT molecular complexity index is 815. The Labute approximate surface area is 194 Å². The molecule has 0 unspecified atom stereocenters. The highest BCUT2D eigenvalue weighted by Gasteiger charge is 2.64. The summed E-state index contributed by atoms with van der Waals surface area (Å²) in [6.45, 7) is 13.6. The summed E-state index contributed by atoms with van der Waals surface area (Å²) >= 11 is 0. The third kappa shape index (κ3) is 4.44. The van der Waals surface area contributed by atoms with Crippen molar-refractivity contribution in [3.63, 3.8) is 0 Å². The predicted molar refractivity (Wildman–Crippen MR) is 130 cm³/mol. The fraction of sp³-hybridized carbons (Fsp3) is 0.714. The molecule has 0 aromatic rings. The van der Waals surface area contributed by atoms with E-state index in [0.717, 1.165) is 49.7 Å². The molecule has 0 aliphatic heterocycles. The standard InChI is InChI=1S/C28H44O4/c1-19(2)26(5,30)16-17-27(6,31)28(32)15-13-24-21(8-7-14-25(24,28)4)10-11-22-18-23(29)12-9-20(22)3/h10-11,16-17,19,23-24,29-32H,3,7-9,12-15,18H2,1-2,4-6H3/b17-16+,21-10+,22-11-/t23-,24-,25-,26+,27-,28+/m0/s1. The summed E-state index contributed by atoms with van der Waals surface area (Å²) in [5.41, 5.74) is -0.652. The van der Waals surface area contributed by atoms with E-state index in [9.17, 15) is 20.4 Å². The number of fused-ring (bicyclic) bond motifs is 1. The molecule has 3 aliphatic rings. The second-order valence-electron chi connectivity index (χ2n) is 11.5. The number of aliphatic hydroxyl groups is 4. The average Bonchev–Trinajstić information content (AvgIpc) is 3.00. The first-order chi connectivity index (χ1) is 14.7. The summed E-state index contributed by atoms with van der Waals surface area (Å²) in [4.78, 5) is 0. The second-order valence-corrected chi connectivity index (χ2v) is 11.5. The van der Waals surface area contributed by atoms with E-state index in [4.69, 9.17) is 0 Å². The van der Waals surface area contributed by atoms with Gasteiger partial charge >= 0.3 is 0 Å². The van der Waals surface area contributed by atoms with Crippen LogP contribution in [-0.2, 0) is 0 Å². The van der Waals surface area contributed by atoms with E-state index in [1.54, 1.807) is 26.0 Å². The monoisotopic (exact) mass is 444 g/mol. The molecule has 0 radical (unpaired) electrons. The van der Waals surface area contributed by atoms with E-state index < -0.39 is 22.2 Å². The molecule has 0 saturated heterocycles. The van der Waals surface area contributed by atoms with E-state index in [1.165, 1.54) is 5.57 Å².